The van der Waals surface area contributed by atoms with Crippen LogP contribution in [0.5, 0.6) is 0 Å². The van der Waals surface area contributed by atoms with Gasteiger partial charge in [-0.1, -0.05) is 256 Å². The number of unbranched alkanes of at least 4 members (excludes halogenated alkanes) is 39. The second kappa shape index (κ2) is 53.0. The van der Waals surface area contributed by atoms with Gasteiger partial charge in [0.1, 0.15) is 0 Å². The van der Waals surface area contributed by atoms with Crippen LogP contribution in [0.25, 0.3) is 0 Å². The van der Waals surface area contributed by atoms with E-state index in [4.69, 9.17) is 4.74 Å². The fourth-order valence-electron chi connectivity index (χ4n) is 8.63. The summed E-state index contributed by atoms with van der Waals surface area (Å²) >= 11 is 0. The third kappa shape index (κ3) is 49.6. The molecule has 6 heteroatoms. The molecule has 0 aromatic carbocycles. The van der Waals surface area contributed by atoms with Crippen molar-refractivity contribution in [3.8, 4) is 0 Å². The number of rotatable bonds is 52. The largest absolute Gasteiger partial charge is 0.466 e. The smallest absolute Gasteiger partial charge is 0.305 e. The molecule has 372 valence electrons. The summed E-state index contributed by atoms with van der Waals surface area (Å²) < 4.78 is 5.46. The maximum Gasteiger partial charge on any atom is 0.305 e. The molecule has 0 aliphatic carbocycles. The standard InChI is InChI=1S/C57H109NO5/c1-3-5-7-9-11-13-15-17-18-19-22-26-29-33-37-41-45-49-55(60)54(53-59)58-56(61)50-46-42-38-34-30-27-23-20-21-24-28-32-36-40-44-48-52-63-57(62)51-47-43-39-35-31-25-16-14-12-10-8-6-4-2/h14,16,45,49,54-55,59-60H,3-13,15,17-44,46-48,50-53H2,1-2H3,(H,58,61)/b16-14-,49-45+. The highest BCUT2D eigenvalue weighted by atomic mass is 16.5. The number of hydrogen-bond acceptors (Lipinski definition) is 5. The highest BCUT2D eigenvalue weighted by Gasteiger charge is 2.18. The number of ether oxygens (including phenoxy) is 1. The summed E-state index contributed by atoms with van der Waals surface area (Å²) in [5.41, 5.74) is 0. The summed E-state index contributed by atoms with van der Waals surface area (Å²) in [5, 5.41) is 23.1. The molecule has 0 fully saturated rings. The van der Waals surface area contributed by atoms with Gasteiger partial charge in [0, 0.05) is 12.8 Å². The first-order chi connectivity index (χ1) is 31.0. The highest BCUT2D eigenvalue weighted by Crippen LogP contribution is 2.17. The van der Waals surface area contributed by atoms with Crippen LogP contribution in [0.2, 0.25) is 0 Å². The molecule has 0 spiro atoms. The number of amides is 1. The first kappa shape index (κ1) is 61.3. The number of hydrogen-bond donors (Lipinski definition) is 3. The molecule has 0 radical (unpaired) electrons. The van der Waals surface area contributed by atoms with Gasteiger partial charge < -0.3 is 20.3 Å². The summed E-state index contributed by atoms with van der Waals surface area (Å²) in [4.78, 5) is 24.5. The molecule has 0 saturated heterocycles. The lowest BCUT2D eigenvalue weighted by molar-refractivity contribution is -0.143. The SMILES string of the molecule is CCCCCC/C=C\CCCCCCCC(=O)OCCCCCCCCCCCCCCCCCCC(=O)NC(CO)C(O)/C=C/CCCCCCCCCCCCCCCCC. The van der Waals surface area contributed by atoms with Crippen LogP contribution in [0, 0.1) is 0 Å². The minimum absolute atomic E-state index is 0.00699. The fourth-order valence-corrected chi connectivity index (χ4v) is 8.63. The van der Waals surface area contributed by atoms with Gasteiger partial charge in [-0.2, -0.15) is 0 Å². The normalized spacial score (nSPS) is 12.8. The molecule has 3 N–H and O–H groups in total. The molecule has 2 unspecified atom stereocenters. The second-order valence-electron chi connectivity index (χ2n) is 19.3. The quantitative estimate of drug-likeness (QED) is 0.0321. The number of nitrogens with one attached hydrogen (secondary N) is 1. The van der Waals surface area contributed by atoms with Gasteiger partial charge in [-0.3, -0.25) is 9.59 Å². The minimum Gasteiger partial charge on any atom is -0.466 e. The van der Waals surface area contributed by atoms with Crippen molar-refractivity contribution in [2.24, 2.45) is 0 Å². The van der Waals surface area contributed by atoms with Crippen LogP contribution in [-0.4, -0.2) is 47.4 Å². The van der Waals surface area contributed by atoms with Crippen molar-refractivity contribution in [3.05, 3.63) is 24.3 Å². The van der Waals surface area contributed by atoms with Gasteiger partial charge in [0.25, 0.3) is 0 Å². The van der Waals surface area contributed by atoms with Crippen molar-refractivity contribution in [3.63, 3.8) is 0 Å². The molecule has 1 amide bonds. The Labute approximate surface area is 392 Å². The summed E-state index contributed by atoms with van der Waals surface area (Å²) in [6.45, 7) is 4.88. The van der Waals surface area contributed by atoms with Gasteiger partial charge >= 0.3 is 5.97 Å². The number of aliphatic hydroxyl groups is 2. The Balaban J connectivity index is 3.46. The average Bonchev–Trinajstić information content (AvgIpc) is 3.28. The third-order valence-electron chi connectivity index (χ3n) is 13.0. The molecule has 0 saturated carbocycles. The Morgan fingerprint density at radius 3 is 1.14 bits per heavy atom. The predicted molar refractivity (Wildman–Crippen MR) is 273 cm³/mol. The molecule has 0 bridgehead atoms. The monoisotopic (exact) mass is 888 g/mol. The van der Waals surface area contributed by atoms with Crippen molar-refractivity contribution in [1.82, 2.24) is 5.32 Å². The average molecular weight is 889 g/mol. The topological polar surface area (TPSA) is 95.9 Å². The highest BCUT2D eigenvalue weighted by molar-refractivity contribution is 5.76. The Kier molecular flexibility index (Phi) is 51.6. The molecular weight excluding hydrogens is 779 g/mol. The first-order valence-electron chi connectivity index (χ1n) is 28.1. The van der Waals surface area contributed by atoms with Crippen molar-refractivity contribution >= 4 is 11.9 Å². The van der Waals surface area contributed by atoms with Crippen molar-refractivity contribution in [2.45, 2.75) is 315 Å². The predicted octanol–water partition coefficient (Wildman–Crippen LogP) is 17.1. The van der Waals surface area contributed by atoms with Gasteiger partial charge in [0.2, 0.25) is 5.91 Å². The molecule has 6 nitrogen and oxygen atoms in total. The zero-order chi connectivity index (χ0) is 45.8. The van der Waals surface area contributed by atoms with E-state index in [9.17, 15) is 19.8 Å². The van der Waals surface area contributed by atoms with E-state index in [1.54, 1.807) is 6.08 Å². The Morgan fingerprint density at radius 2 is 0.746 bits per heavy atom. The number of carbonyl (C=O) groups is 2. The van der Waals surface area contributed by atoms with Crippen LogP contribution < -0.4 is 5.32 Å². The Hall–Kier alpha value is -1.66. The van der Waals surface area contributed by atoms with Crippen molar-refractivity contribution < 1.29 is 24.5 Å². The lowest BCUT2D eigenvalue weighted by atomic mass is 10.0. The molecule has 0 aliphatic rings. The molecule has 0 aliphatic heterocycles. The fraction of sp³-hybridized carbons (Fsp3) is 0.895. The van der Waals surface area contributed by atoms with Gasteiger partial charge in [-0.05, 0) is 57.8 Å². The van der Waals surface area contributed by atoms with Crippen LogP contribution in [0.15, 0.2) is 24.3 Å². The van der Waals surface area contributed by atoms with E-state index in [0.717, 1.165) is 44.9 Å². The summed E-state index contributed by atoms with van der Waals surface area (Å²) in [7, 11) is 0. The van der Waals surface area contributed by atoms with Crippen LogP contribution in [0.1, 0.15) is 303 Å². The molecule has 63 heavy (non-hydrogen) atoms. The Morgan fingerprint density at radius 1 is 0.429 bits per heavy atom. The molecule has 0 rings (SSSR count). The number of aliphatic hydroxyl groups excluding tert-OH is 2. The molecule has 0 aromatic heterocycles. The lowest BCUT2D eigenvalue weighted by Gasteiger charge is -2.20. The van der Waals surface area contributed by atoms with Gasteiger partial charge in [-0.15, -0.1) is 0 Å². The maximum atomic E-state index is 12.5. The van der Waals surface area contributed by atoms with E-state index < -0.39 is 12.1 Å². The summed E-state index contributed by atoms with van der Waals surface area (Å²) in [5.74, 6) is -0.0804. The van der Waals surface area contributed by atoms with E-state index in [1.807, 2.05) is 6.08 Å². The number of carbonyl (C=O) groups excluding carboxylic acids is 2. The molecular formula is C57H109NO5. The lowest BCUT2D eigenvalue weighted by Crippen LogP contribution is -2.45. The zero-order valence-corrected chi connectivity index (χ0v) is 42.3. The Bertz CT molecular complexity index is 982. The molecule has 2 atom stereocenters. The van der Waals surface area contributed by atoms with Crippen molar-refractivity contribution in [2.75, 3.05) is 13.2 Å². The van der Waals surface area contributed by atoms with Crippen LogP contribution in [0.4, 0.5) is 0 Å². The second-order valence-corrected chi connectivity index (χ2v) is 19.3. The summed E-state index contributed by atoms with van der Waals surface area (Å²) in [6.07, 6.45) is 63.3. The van der Waals surface area contributed by atoms with Gasteiger partial charge in [0.15, 0.2) is 0 Å². The zero-order valence-electron chi connectivity index (χ0n) is 42.3. The van der Waals surface area contributed by atoms with Crippen LogP contribution in [-0.2, 0) is 14.3 Å². The first-order valence-corrected chi connectivity index (χ1v) is 28.1. The van der Waals surface area contributed by atoms with E-state index in [0.29, 0.717) is 19.4 Å². The molecule has 0 aromatic rings. The number of allylic oxidation sites excluding steroid dienone is 3. The van der Waals surface area contributed by atoms with Gasteiger partial charge in [-0.25, -0.2) is 0 Å². The maximum absolute atomic E-state index is 12.5. The van der Waals surface area contributed by atoms with E-state index in [-0.39, 0.29) is 18.5 Å². The van der Waals surface area contributed by atoms with Crippen LogP contribution >= 0.6 is 0 Å². The van der Waals surface area contributed by atoms with E-state index in [2.05, 4.69) is 31.3 Å². The number of esters is 1. The van der Waals surface area contributed by atoms with Gasteiger partial charge in [0.05, 0.1) is 25.4 Å². The molecule has 0 heterocycles. The van der Waals surface area contributed by atoms with E-state index in [1.165, 1.54) is 231 Å². The minimum atomic E-state index is -0.849. The van der Waals surface area contributed by atoms with E-state index >= 15 is 0 Å². The summed E-state index contributed by atoms with van der Waals surface area (Å²) in [6, 6.07) is -0.633. The van der Waals surface area contributed by atoms with Crippen LogP contribution in [0.3, 0.4) is 0 Å². The third-order valence-corrected chi connectivity index (χ3v) is 13.0. The van der Waals surface area contributed by atoms with Crippen molar-refractivity contribution in [1.29, 1.82) is 0 Å².